The van der Waals surface area contributed by atoms with Crippen LogP contribution >= 0.6 is 0 Å². The predicted octanol–water partition coefficient (Wildman–Crippen LogP) is 1.41. The van der Waals surface area contributed by atoms with Gasteiger partial charge in [0.25, 0.3) is 0 Å². The molecule has 8 nitrogen and oxygen atoms in total. The Morgan fingerprint density at radius 3 is 3.11 bits per heavy atom. The number of aromatic nitrogens is 2. The van der Waals surface area contributed by atoms with Gasteiger partial charge in [0, 0.05) is 13.2 Å². The molecule has 1 aromatic rings. The molecule has 2 N–H and O–H groups in total. The fourth-order valence-corrected chi connectivity index (χ4v) is 1.91. The lowest BCUT2D eigenvalue weighted by molar-refractivity contribution is -0.384. The number of nitrogens with one attached hydrogen (secondary N) is 2. The monoisotopic (exact) mass is 267 g/mol. The van der Waals surface area contributed by atoms with E-state index in [1.807, 2.05) is 6.92 Å². The van der Waals surface area contributed by atoms with E-state index in [9.17, 15) is 10.1 Å². The predicted molar refractivity (Wildman–Crippen MR) is 70.3 cm³/mol. The molecule has 0 spiro atoms. The summed E-state index contributed by atoms with van der Waals surface area (Å²) in [6.45, 7) is 3.85. The first-order valence-electron chi connectivity index (χ1n) is 6.30. The SMILES string of the molecule is CCNc1ncc([N+](=O)[O-])c(NC2CCCOC2)n1. The minimum atomic E-state index is -0.484. The van der Waals surface area contributed by atoms with Gasteiger partial charge in [-0.1, -0.05) is 0 Å². The topological polar surface area (TPSA) is 102 Å². The number of hydrogen-bond donors (Lipinski definition) is 2. The van der Waals surface area contributed by atoms with Gasteiger partial charge in [0.15, 0.2) is 0 Å². The van der Waals surface area contributed by atoms with E-state index >= 15 is 0 Å². The smallest absolute Gasteiger partial charge is 0.329 e. The van der Waals surface area contributed by atoms with Crippen LogP contribution in [0.15, 0.2) is 6.20 Å². The van der Waals surface area contributed by atoms with Crippen molar-refractivity contribution in [2.24, 2.45) is 0 Å². The molecule has 0 saturated carbocycles. The number of hydrogen-bond acceptors (Lipinski definition) is 7. The van der Waals surface area contributed by atoms with Crippen molar-refractivity contribution in [2.45, 2.75) is 25.8 Å². The molecule has 2 heterocycles. The number of rotatable bonds is 5. The molecule has 1 saturated heterocycles. The largest absolute Gasteiger partial charge is 0.379 e. The van der Waals surface area contributed by atoms with Crippen LogP contribution in [0, 0.1) is 10.1 Å². The minimum Gasteiger partial charge on any atom is -0.379 e. The Kier molecular flexibility index (Phi) is 4.45. The van der Waals surface area contributed by atoms with E-state index in [1.165, 1.54) is 6.20 Å². The van der Waals surface area contributed by atoms with Crippen LogP contribution in [0.25, 0.3) is 0 Å². The first kappa shape index (κ1) is 13.5. The van der Waals surface area contributed by atoms with Crippen LogP contribution in [0.2, 0.25) is 0 Å². The molecule has 104 valence electrons. The molecule has 1 unspecified atom stereocenters. The maximum Gasteiger partial charge on any atom is 0.329 e. The number of anilines is 2. The van der Waals surface area contributed by atoms with Gasteiger partial charge in [-0.15, -0.1) is 0 Å². The standard InChI is InChI=1S/C11H17N5O3/c1-2-12-11-13-6-9(16(17)18)10(15-11)14-8-4-3-5-19-7-8/h6,8H,2-5,7H2,1H3,(H2,12,13,14,15). The van der Waals surface area contributed by atoms with Crippen LogP contribution in [0.5, 0.6) is 0 Å². The molecular weight excluding hydrogens is 250 g/mol. The van der Waals surface area contributed by atoms with E-state index in [0.29, 0.717) is 19.1 Å². The van der Waals surface area contributed by atoms with Crippen LogP contribution < -0.4 is 10.6 Å². The third-order valence-electron chi connectivity index (χ3n) is 2.80. The summed E-state index contributed by atoms with van der Waals surface area (Å²) in [7, 11) is 0. The van der Waals surface area contributed by atoms with Crippen molar-refractivity contribution in [2.75, 3.05) is 30.4 Å². The van der Waals surface area contributed by atoms with Crippen LogP contribution in [0.1, 0.15) is 19.8 Å². The summed E-state index contributed by atoms with van der Waals surface area (Å²) in [6.07, 6.45) is 3.07. The lowest BCUT2D eigenvalue weighted by Crippen LogP contribution is -2.30. The second-order valence-electron chi connectivity index (χ2n) is 4.27. The zero-order valence-corrected chi connectivity index (χ0v) is 10.8. The Morgan fingerprint density at radius 2 is 2.47 bits per heavy atom. The van der Waals surface area contributed by atoms with Gasteiger partial charge in [-0.05, 0) is 19.8 Å². The van der Waals surface area contributed by atoms with Crippen LogP contribution in [-0.2, 0) is 4.74 Å². The molecule has 0 aliphatic carbocycles. The lowest BCUT2D eigenvalue weighted by Gasteiger charge is -2.23. The molecule has 1 atom stereocenters. The van der Waals surface area contributed by atoms with Crippen molar-refractivity contribution in [3.05, 3.63) is 16.3 Å². The summed E-state index contributed by atoms with van der Waals surface area (Å²) >= 11 is 0. The summed E-state index contributed by atoms with van der Waals surface area (Å²) in [4.78, 5) is 18.5. The van der Waals surface area contributed by atoms with Gasteiger partial charge in [0.05, 0.1) is 17.6 Å². The molecule has 1 fully saturated rings. The van der Waals surface area contributed by atoms with E-state index in [-0.39, 0.29) is 17.5 Å². The summed E-state index contributed by atoms with van der Waals surface area (Å²) in [6, 6.07) is 0.0526. The molecule has 0 bridgehead atoms. The molecule has 1 aliphatic heterocycles. The second-order valence-corrected chi connectivity index (χ2v) is 4.27. The highest BCUT2D eigenvalue weighted by molar-refractivity contribution is 5.57. The van der Waals surface area contributed by atoms with Gasteiger partial charge in [-0.3, -0.25) is 10.1 Å². The zero-order chi connectivity index (χ0) is 13.7. The fraction of sp³-hybridized carbons (Fsp3) is 0.636. The van der Waals surface area contributed by atoms with Crippen molar-refractivity contribution in [3.63, 3.8) is 0 Å². The third kappa shape index (κ3) is 3.50. The van der Waals surface area contributed by atoms with Gasteiger partial charge in [0.1, 0.15) is 6.20 Å². The Hall–Kier alpha value is -1.96. The van der Waals surface area contributed by atoms with Crippen molar-refractivity contribution in [3.8, 4) is 0 Å². The van der Waals surface area contributed by atoms with Gasteiger partial charge in [-0.2, -0.15) is 4.98 Å². The molecule has 0 aromatic carbocycles. The lowest BCUT2D eigenvalue weighted by atomic mass is 10.1. The van der Waals surface area contributed by atoms with Crippen molar-refractivity contribution in [1.82, 2.24) is 9.97 Å². The van der Waals surface area contributed by atoms with E-state index < -0.39 is 4.92 Å². The summed E-state index contributed by atoms with van der Waals surface area (Å²) in [5.74, 6) is 0.624. The van der Waals surface area contributed by atoms with Gasteiger partial charge in [-0.25, -0.2) is 4.98 Å². The van der Waals surface area contributed by atoms with E-state index in [2.05, 4.69) is 20.6 Å². The number of nitrogens with zero attached hydrogens (tertiary/aromatic N) is 3. The fourth-order valence-electron chi connectivity index (χ4n) is 1.91. The van der Waals surface area contributed by atoms with E-state index in [1.54, 1.807) is 0 Å². The van der Waals surface area contributed by atoms with Crippen molar-refractivity contribution >= 4 is 17.5 Å². The normalized spacial score (nSPS) is 18.9. The molecule has 1 aromatic heterocycles. The van der Waals surface area contributed by atoms with E-state index in [0.717, 1.165) is 19.4 Å². The first-order valence-corrected chi connectivity index (χ1v) is 6.30. The Morgan fingerprint density at radius 1 is 1.63 bits per heavy atom. The van der Waals surface area contributed by atoms with Crippen LogP contribution in [-0.4, -0.2) is 40.7 Å². The molecular formula is C11H17N5O3. The molecule has 2 rings (SSSR count). The minimum absolute atomic E-state index is 0.0526. The highest BCUT2D eigenvalue weighted by atomic mass is 16.6. The van der Waals surface area contributed by atoms with Gasteiger partial charge >= 0.3 is 5.69 Å². The number of nitro groups is 1. The average molecular weight is 267 g/mol. The quantitative estimate of drug-likeness (QED) is 0.614. The summed E-state index contributed by atoms with van der Waals surface area (Å²) in [5.41, 5.74) is -0.118. The first-order chi connectivity index (χ1) is 9.20. The maximum absolute atomic E-state index is 11.0. The average Bonchev–Trinajstić information content (AvgIpc) is 2.40. The summed E-state index contributed by atoms with van der Waals surface area (Å²) in [5, 5.41) is 17.0. The maximum atomic E-state index is 11.0. The Bertz CT molecular complexity index is 448. The van der Waals surface area contributed by atoms with Crippen molar-refractivity contribution < 1.29 is 9.66 Å². The molecule has 0 radical (unpaired) electrons. The highest BCUT2D eigenvalue weighted by Crippen LogP contribution is 2.24. The van der Waals surface area contributed by atoms with Crippen LogP contribution in [0.3, 0.4) is 0 Å². The van der Waals surface area contributed by atoms with Gasteiger partial charge < -0.3 is 15.4 Å². The number of ether oxygens (including phenoxy) is 1. The Balaban J connectivity index is 2.18. The third-order valence-corrected chi connectivity index (χ3v) is 2.80. The molecule has 0 amide bonds. The molecule has 19 heavy (non-hydrogen) atoms. The van der Waals surface area contributed by atoms with Gasteiger partial charge in [0.2, 0.25) is 11.8 Å². The Labute approximate surface area is 110 Å². The van der Waals surface area contributed by atoms with Crippen LogP contribution in [0.4, 0.5) is 17.5 Å². The molecule has 8 heteroatoms. The van der Waals surface area contributed by atoms with E-state index in [4.69, 9.17) is 4.74 Å². The zero-order valence-electron chi connectivity index (χ0n) is 10.8. The van der Waals surface area contributed by atoms with Crippen molar-refractivity contribution in [1.29, 1.82) is 0 Å². The second kappa shape index (κ2) is 6.28. The highest BCUT2D eigenvalue weighted by Gasteiger charge is 2.21. The molecule has 1 aliphatic rings. The summed E-state index contributed by atoms with van der Waals surface area (Å²) < 4.78 is 5.34.